The Hall–Kier alpha value is -2.89. The second-order valence-electron chi connectivity index (χ2n) is 8.13. The Bertz CT molecular complexity index is 918. The van der Waals surface area contributed by atoms with Crippen molar-refractivity contribution in [3.05, 3.63) is 59.4 Å². The van der Waals surface area contributed by atoms with Crippen LogP contribution in [-0.4, -0.2) is 42.9 Å². The van der Waals surface area contributed by atoms with Crippen molar-refractivity contribution in [3.8, 4) is 0 Å². The maximum absolute atomic E-state index is 14.0. The number of benzene rings is 2. The lowest BCUT2D eigenvalue weighted by atomic mass is 9.89. The number of aryl methyl sites for hydroxylation is 2. The Kier molecular flexibility index (Phi) is 5.91. The Morgan fingerprint density at radius 1 is 1.00 bits per heavy atom. The molecule has 0 aromatic heterocycles. The monoisotopic (exact) mass is 397 g/mol. The first-order valence-corrected chi connectivity index (χ1v) is 9.87. The Morgan fingerprint density at radius 2 is 1.66 bits per heavy atom. The lowest BCUT2D eigenvalue weighted by Crippen LogP contribution is -2.54. The van der Waals surface area contributed by atoms with Crippen LogP contribution in [-0.2, 0) is 9.59 Å². The number of piperazine rings is 1. The Balaban J connectivity index is 1.64. The molecule has 2 aromatic rings. The van der Waals surface area contributed by atoms with E-state index in [2.05, 4.69) is 5.32 Å². The average Bonchev–Trinajstić information content (AvgIpc) is 2.70. The molecule has 1 heterocycles. The fourth-order valence-corrected chi connectivity index (χ4v) is 3.58. The van der Waals surface area contributed by atoms with Crippen LogP contribution in [0.25, 0.3) is 0 Å². The van der Waals surface area contributed by atoms with Gasteiger partial charge in [-0.3, -0.25) is 9.59 Å². The van der Waals surface area contributed by atoms with Gasteiger partial charge in [0.05, 0.1) is 5.69 Å². The van der Waals surface area contributed by atoms with Crippen LogP contribution in [0.4, 0.5) is 15.8 Å². The standard InChI is InChI=1S/C23H28FN3O2/c1-16-9-10-19(17(2)15-16)25-21(28)23(3,4)22(29)27-13-11-26(12-14-27)20-8-6-5-7-18(20)24/h5-10,15H,11-14H2,1-4H3,(H,25,28). The molecule has 1 aliphatic heterocycles. The number of para-hydroxylation sites is 1. The second kappa shape index (κ2) is 8.23. The summed E-state index contributed by atoms with van der Waals surface area (Å²) in [5, 5.41) is 2.89. The molecule has 0 radical (unpaired) electrons. The Labute approximate surface area is 171 Å². The first kappa shape index (κ1) is 20.8. The van der Waals surface area contributed by atoms with E-state index in [1.165, 1.54) is 6.07 Å². The van der Waals surface area contributed by atoms with Gasteiger partial charge in [0, 0.05) is 31.9 Å². The van der Waals surface area contributed by atoms with Gasteiger partial charge in [-0.15, -0.1) is 0 Å². The van der Waals surface area contributed by atoms with Gasteiger partial charge in [-0.25, -0.2) is 4.39 Å². The van der Waals surface area contributed by atoms with Crippen LogP contribution in [0.15, 0.2) is 42.5 Å². The lowest BCUT2D eigenvalue weighted by molar-refractivity contribution is -0.146. The zero-order valence-electron chi connectivity index (χ0n) is 17.5. The number of nitrogens with one attached hydrogen (secondary N) is 1. The molecule has 1 saturated heterocycles. The van der Waals surface area contributed by atoms with Crippen molar-refractivity contribution in [2.45, 2.75) is 27.7 Å². The molecule has 154 valence electrons. The van der Waals surface area contributed by atoms with Crippen LogP contribution < -0.4 is 10.2 Å². The van der Waals surface area contributed by atoms with Crippen LogP contribution in [0.5, 0.6) is 0 Å². The number of carbonyl (C=O) groups excluding carboxylic acids is 2. The van der Waals surface area contributed by atoms with Gasteiger partial charge in [0.2, 0.25) is 11.8 Å². The summed E-state index contributed by atoms with van der Waals surface area (Å²) in [6, 6.07) is 12.4. The SMILES string of the molecule is Cc1ccc(NC(=O)C(C)(C)C(=O)N2CCN(c3ccccc3F)CC2)c(C)c1. The minimum absolute atomic E-state index is 0.215. The average molecular weight is 397 g/mol. The fourth-order valence-electron chi connectivity index (χ4n) is 3.58. The highest BCUT2D eigenvalue weighted by Gasteiger charge is 2.40. The second-order valence-corrected chi connectivity index (χ2v) is 8.13. The van der Waals surface area contributed by atoms with Crippen LogP contribution in [0.3, 0.4) is 0 Å². The summed E-state index contributed by atoms with van der Waals surface area (Å²) in [7, 11) is 0. The van der Waals surface area contributed by atoms with Gasteiger partial charge in [-0.2, -0.15) is 0 Å². The lowest BCUT2D eigenvalue weighted by Gasteiger charge is -2.39. The highest BCUT2D eigenvalue weighted by Crippen LogP contribution is 2.26. The zero-order chi connectivity index (χ0) is 21.2. The van der Waals surface area contributed by atoms with Gasteiger partial charge < -0.3 is 15.1 Å². The predicted molar refractivity (Wildman–Crippen MR) is 114 cm³/mol. The van der Waals surface area contributed by atoms with Crippen LogP contribution in [0.1, 0.15) is 25.0 Å². The minimum Gasteiger partial charge on any atom is -0.366 e. The van der Waals surface area contributed by atoms with E-state index in [1.807, 2.05) is 36.9 Å². The molecule has 0 unspecified atom stereocenters. The molecule has 2 aromatic carbocycles. The van der Waals surface area contributed by atoms with Crippen molar-refractivity contribution in [1.29, 1.82) is 0 Å². The maximum Gasteiger partial charge on any atom is 0.239 e. The predicted octanol–water partition coefficient (Wildman–Crippen LogP) is 3.76. The first-order valence-electron chi connectivity index (χ1n) is 9.87. The van der Waals surface area contributed by atoms with E-state index in [9.17, 15) is 14.0 Å². The van der Waals surface area contributed by atoms with Gasteiger partial charge in [0.1, 0.15) is 11.2 Å². The summed E-state index contributed by atoms with van der Waals surface area (Å²) in [6.07, 6.45) is 0. The molecule has 0 spiro atoms. The molecule has 1 N–H and O–H groups in total. The van der Waals surface area contributed by atoms with E-state index in [4.69, 9.17) is 0 Å². The maximum atomic E-state index is 14.0. The molecule has 0 atom stereocenters. The molecule has 0 aliphatic carbocycles. The van der Waals surface area contributed by atoms with Crippen LogP contribution >= 0.6 is 0 Å². The summed E-state index contributed by atoms with van der Waals surface area (Å²) >= 11 is 0. The molecular formula is C23H28FN3O2. The normalized spacial score (nSPS) is 14.7. The fraction of sp³-hybridized carbons (Fsp3) is 0.391. The molecule has 6 heteroatoms. The van der Waals surface area contributed by atoms with Gasteiger partial charge >= 0.3 is 0 Å². The number of hydrogen-bond donors (Lipinski definition) is 1. The van der Waals surface area contributed by atoms with Gasteiger partial charge in [0.15, 0.2) is 0 Å². The van der Waals surface area contributed by atoms with E-state index in [0.29, 0.717) is 37.6 Å². The van der Waals surface area contributed by atoms with Gasteiger partial charge in [0.25, 0.3) is 0 Å². The third kappa shape index (κ3) is 4.42. The number of amides is 2. The molecule has 2 amide bonds. The zero-order valence-corrected chi connectivity index (χ0v) is 17.5. The summed E-state index contributed by atoms with van der Waals surface area (Å²) in [6.45, 7) is 9.19. The smallest absolute Gasteiger partial charge is 0.239 e. The molecule has 0 saturated carbocycles. The number of nitrogens with zero attached hydrogens (tertiary/aromatic N) is 2. The van der Waals surface area contributed by atoms with E-state index >= 15 is 0 Å². The summed E-state index contributed by atoms with van der Waals surface area (Å²) < 4.78 is 14.0. The van der Waals surface area contributed by atoms with E-state index in [0.717, 1.165) is 11.1 Å². The minimum atomic E-state index is -1.20. The van der Waals surface area contributed by atoms with E-state index in [1.54, 1.807) is 36.9 Å². The van der Waals surface area contributed by atoms with Crippen molar-refractivity contribution < 1.29 is 14.0 Å². The highest BCUT2D eigenvalue weighted by molar-refractivity contribution is 6.10. The van der Waals surface area contributed by atoms with Crippen LogP contribution in [0, 0.1) is 25.1 Å². The van der Waals surface area contributed by atoms with Crippen molar-refractivity contribution in [2.24, 2.45) is 5.41 Å². The Morgan fingerprint density at radius 3 is 2.28 bits per heavy atom. The third-order valence-corrected chi connectivity index (χ3v) is 5.49. The first-order chi connectivity index (χ1) is 13.7. The summed E-state index contributed by atoms with van der Waals surface area (Å²) in [4.78, 5) is 29.6. The number of rotatable bonds is 4. The topological polar surface area (TPSA) is 52.7 Å². The molecular weight excluding hydrogens is 369 g/mol. The number of hydrogen-bond acceptors (Lipinski definition) is 3. The van der Waals surface area contributed by atoms with Gasteiger partial charge in [-0.05, 0) is 51.5 Å². The molecule has 3 rings (SSSR count). The highest BCUT2D eigenvalue weighted by atomic mass is 19.1. The molecule has 0 bridgehead atoms. The molecule has 1 fully saturated rings. The van der Waals surface area contributed by atoms with Crippen molar-refractivity contribution in [3.63, 3.8) is 0 Å². The molecule has 29 heavy (non-hydrogen) atoms. The van der Waals surface area contributed by atoms with Crippen molar-refractivity contribution in [2.75, 3.05) is 36.4 Å². The third-order valence-electron chi connectivity index (χ3n) is 5.49. The molecule has 1 aliphatic rings. The van der Waals surface area contributed by atoms with E-state index < -0.39 is 5.41 Å². The number of anilines is 2. The van der Waals surface area contributed by atoms with E-state index in [-0.39, 0.29) is 17.6 Å². The quantitative estimate of drug-likeness (QED) is 0.800. The number of carbonyl (C=O) groups is 2. The van der Waals surface area contributed by atoms with Crippen LogP contribution in [0.2, 0.25) is 0 Å². The van der Waals surface area contributed by atoms with Crippen molar-refractivity contribution >= 4 is 23.2 Å². The van der Waals surface area contributed by atoms with Gasteiger partial charge in [-0.1, -0.05) is 29.8 Å². The van der Waals surface area contributed by atoms with Crippen molar-refractivity contribution in [1.82, 2.24) is 4.90 Å². The molecule has 5 nitrogen and oxygen atoms in total. The largest absolute Gasteiger partial charge is 0.366 e. The summed E-state index contributed by atoms with van der Waals surface area (Å²) in [5.74, 6) is -0.806. The number of halogens is 1. The summed E-state index contributed by atoms with van der Waals surface area (Å²) in [5.41, 5.74) is 2.14.